The lowest BCUT2D eigenvalue weighted by molar-refractivity contribution is -0.149. The van der Waals surface area contributed by atoms with Gasteiger partial charge in [0.2, 0.25) is 0 Å². The first kappa shape index (κ1) is 23.4. The topological polar surface area (TPSA) is 72.9 Å². The molecule has 0 radical (unpaired) electrons. The lowest BCUT2D eigenvalue weighted by Crippen LogP contribution is -2.35. The third-order valence-electron chi connectivity index (χ3n) is 4.13. The van der Waals surface area contributed by atoms with Crippen molar-refractivity contribution in [1.82, 2.24) is 4.90 Å². The van der Waals surface area contributed by atoms with Crippen LogP contribution < -0.4 is 4.74 Å². The SMILES string of the molecule is CC(C)OC(=O)CN1C(=O)S/C(=C\c2cc(Br)ccc2OCc2ccccc2Cl)C1=O. The molecule has 1 heterocycles. The van der Waals surface area contributed by atoms with Gasteiger partial charge < -0.3 is 9.47 Å². The van der Waals surface area contributed by atoms with E-state index in [0.717, 1.165) is 26.7 Å². The van der Waals surface area contributed by atoms with Crippen molar-refractivity contribution in [3.8, 4) is 5.75 Å². The fraction of sp³-hybridized carbons (Fsp3) is 0.227. The van der Waals surface area contributed by atoms with Gasteiger partial charge >= 0.3 is 5.97 Å². The van der Waals surface area contributed by atoms with Crippen molar-refractivity contribution >= 4 is 62.5 Å². The molecule has 31 heavy (non-hydrogen) atoms. The Hall–Kier alpha value is -2.29. The van der Waals surface area contributed by atoms with Crippen LogP contribution in [0.5, 0.6) is 5.75 Å². The molecule has 6 nitrogen and oxygen atoms in total. The molecule has 1 saturated heterocycles. The van der Waals surface area contributed by atoms with Gasteiger partial charge in [-0.25, -0.2) is 0 Å². The number of nitrogens with zero attached hydrogens (tertiary/aromatic N) is 1. The fourth-order valence-corrected chi connectivity index (χ4v) is 4.14. The third-order valence-corrected chi connectivity index (χ3v) is 5.90. The zero-order chi connectivity index (χ0) is 22.5. The quantitative estimate of drug-likeness (QED) is 0.343. The van der Waals surface area contributed by atoms with Crippen LogP contribution in [0.2, 0.25) is 5.02 Å². The highest BCUT2D eigenvalue weighted by atomic mass is 79.9. The van der Waals surface area contributed by atoms with E-state index >= 15 is 0 Å². The molecule has 0 saturated carbocycles. The minimum Gasteiger partial charge on any atom is -0.488 e. The van der Waals surface area contributed by atoms with Crippen molar-refractivity contribution in [1.29, 1.82) is 0 Å². The molecule has 162 valence electrons. The molecule has 1 aliphatic heterocycles. The Morgan fingerprint density at radius 3 is 2.68 bits per heavy atom. The summed E-state index contributed by atoms with van der Waals surface area (Å²) in [6.45, 7) is 3.21. The maximum atomic E-state index is 12.7. The number of halogens is 2. The molecule has 0 bridgehead atoms. The Morgan fingerprint density at radius 2 is 1.97 bits per heavy atom. The Labute approximate surface area is 197 Å². The van der Waals surface area contributed by atoms with Gasteiger partial charge in [0.1, 0.15) is 18.9 Å². The van der Waals surface area contributed by atoms with Gasteiger partial charge in [-0.05, 0) is 56.0 Å². The van der Waals surface area contributed by atoms with Crippen LogP contribution in [0.15, 0.2) is 51.8 Å². The van der Waals surface area contributed by atoms with E-state index in [0.29, 0.717) is 16.3 Å². The van der Waals surface area contributed by atoms with Crippen LogP contribution in [-0.4, -0.2) is 34.7 Å². The number of carbonyl (C=O) groups excluding carboxylic acids is 3. The summed E-state index contributed by atoms with van der Waals surface area (Å²) in [5.41, 5.74) is 1.43. The number of hydrogen-bond donors (Lipinski definition) is 0. The number of benzene rings is 2. The Bertz CT molecular complexity index is 1060. The van der Waals surface area contributed by atoms with Crippen LogP contribution in [0.4, 0.5) is 4.79 Å². The molecular formula is C22H19BrClNO5S. The zero-order valence-electron chi connectivity index (χ0n) is 16.8. The second-order valence-corrected chi connectivity index (χ2v) is 9.18. The number of carbonyl (C=O) groups is 3. The molecule has 1 aliphatic rings. The van der Waals surface area contributed by atoms with Crippen molar-refractivity contribution in [2.24, 2.45) is 0 Å². The van der Waals surface area contributed by atoms with Gasteiger partial charge in [-0.3, -0.25) is 19.3 Å². The summed E-state index contributed by atoms with van der Waals surface area (Å²) >= 11 is 10.4. The van der Waals surface area contributed by atoms with Crippen LogP contribution >= 0.6 is 39.3 Å². The average molecular weight is 525 g/mol. The summed E-state index contributed by atoms with van der Waals surface area (Å²) in [5.74, 6) is -0.661. The standard InChI is InChI=1S/C22H19BrClNO5S/c1-13(2)30-20(26)11-25-21(27)19(31-22(25)28)10-15-9-16(23)7-8-18(15)29-12-14-5-3-4-6-17(14)24/h3-10,13H,11-12H2,1-2H3/b19-10-. The van der Waals surface area contributed by atoms with Gasteiger partial charge in [0.15, 0.2) is 0 Å². The highest BCUT2D eigenvalue weighted by Crippen LogP contribution is 2.35. The summed E-state index contributed by atoms with van der Waals surface area (Å²) < 4.78 is 11.7. The number of amides is 2. The second-order valence-electron chi connectivity index (χ2n) is 6.87. The second kappa shape index (κ2) is 10.3. The number of thioether (sulfide) groups is 1. The highest BCUT2D eigenvalue weighted by Gasteiger charge is 2.37. The molecule has 1 fully saturated rings. The van der Waals surface area contributed by atoms with E-state index in [-0.39, 0.29) is 17.6 Å². The van der Waals surface area contributed by atoms with Crippen LogP contribution in [-0.2, 0) is 20.9 Å². The van der Waals surface area contributed by atoms with E-state index in [1.54, 1.807) is 38.1 Å². The molecule has 0 atom stereocenters. The maximum absolute atomic E-state index is 12.7. The monoisotopic (exact) mass is 523 g/mol. The molecule has 0 aromatic heterocycles. The Morgan fingerprint density at radius 1 is 1.23 bits per heavy atom. The Kier molecular flexibility index (Phi) is 7.80. The zero-order valence-corrected chi connectivity index (χ0v) is 19.9. The first-order chi connectivity index (χ1) is 14.7. The van der Waals surface area contributed by atoms with E-state index in [1.807, 2.05) is 24.3 Å². The van der Waals surface area contributed by atoms with Gasteiger partial charge in [-0.2, -0.15) is 0 Å². The van der Waals surface area contributed by atoms with Crippen molar-refractivity contribution < 1.29 is 23.9 Å². The first-order valence-electron chi connectivity index (χ1n) is 9.35. The number of imide groups is 1. The van der Waals surface area contributed by atoms with Gasteiger partial charge in [0, 0.05) is 20.6 Å². The number of esters is 1. The molecule has 0 unspecified atom stereocenters. The molecule has 0 aliphatic carbocycles. The predicted molar refractivity (Wildman–Crippen MR) is 124 cm³/mol. The molecule has 2 aromatic rings. The first-order valence-corrected chi connectivity index (χ1v) is 11.3. The van der Waals surface area contributed by atoms with Gasteiger partial charge in [0.05, 0.1) is 11.0 Å². The molecule has 3 rings (SSSR count). The number of hydrogen-bond acceptors (Lipinski definition) is 6. The van der Waals surface area contributed by atoms with Gasteiger partial charge in [-0.1, -0.05) is 45.7 Å². The van der Waals surface area contributed by atoms with Gasteiger partial charge in [0.25, 0.3) is 11.1 Å². The van der Waals surface area contributed by atoms with Crippen molar-refractivity contribution in [2.45, 2.75) is 26.6 Å². The number of ether oxygens (including phenoxy) is 2. The molecular weight excluding hydrogens is 506 g/mol. The van der Waals surface area contributed by atoms with Crippen molar-refractivity contribution in [2.75, 3.05) is 6.54 Å². The summed E-state index contributed by atoms with van der Waals surface area (Å²) in [4.78, 5) is 37.9. The average Bonchev–Trinajstić information content (AvgIpc) is 2.95. The minimum atomic E-state index is -0.634. The molecule has 9 heteroatoms. The summed E-state index contributed by atoms with van der Waals surface area (Å²) in [5, 5.41) is 0.0704. The van der Waals surface area contributed by atoms with E-state index in [9.17, 15) is 14.4 Å². The third kappa shape index (κ3) is 6.12. The lowest BCUT2D eigenvalue weighted by Gasteiger charge is -2.13. The minimum absolute atomic E-state index is 0.197. The normalized spacial score (nSPS) is 15.1. The van der Waals surface area contributed by atoms with Crippen LogP contribution in [0.1, 0.15) is 25.0 Å². The van der Waals surface area contributed by atoms with E-state index in [1.165, 1.54) is 0 Å². The van der Waals surface area contributed by atoms with E-state index in [4.69, 9.17) is 21.1 Å². The highest BCUT2D eigenvalue weighted by molar-refractivity contribution is 9.10. The van der Waals surface area contributed by atoms with Crippen molar-refractivity contribution in [3.63, 3.8) is 0 Å². The summed E-state index contributed by atoms with van der Waals surface area (Å²) in [7, 11) is 0. The largest absolute Gasteiger partial charge is 0.488 e. The van der Waals surface area contributed by atoms with E-state index in [2.05, 4.69) is 15.9 Å². The number of rotatable bonds is 7. The summed E-state index contributed by atoms with van der Waals surface area (Å²) in [6, 6.07) is 12.7. The fourth-order valence-electron chi connectivity index (χ4n) is 2.74. The molecule has 0 N–H and O–H groups in total. The smallest absolute Gasteiger partial charge is 0.326 e. The summed E-state index contributed by atoms with van der Waals surface area (Å²) in [6.07, 6.45) is 1.24. The Balaban J connectivity index is 1.80. The van der Waals surface area contributed by atoms with Crippen LogP contribution in [0.25, 0.3) is 6.08 Å². The maximum Gasteiger partial charge on any atom is 0.326 e. The lowest BCUT2D eigenvalue weighted by atomic mass is 10.1. The van der Waals surface area contributed by atoms with Crippen molar-refractivity contribution in [3.05, 3.63) is 68.0 Å². The molecule has 0 spiro atoms. The predicted octanol–water partition coefficient (Wildman–Crippen LogP) is 5.67. The molecule has 2 amide bonds. The molecule has 2 aromatic carbocycles. The van der Waals surface area contributed by atoms with Crippen LogP contribution in [0.3, 0.4) is 0 Å². The van der Waals surface area contributed by atoms with Crippen LogP contribution in [0, 0.1) is 0 Å². The van der Waals surface area contributed by atoms with E-state index < -0.39 is 23.7 Å². The van der Waals surface area contributed by atoms with Gasteiger partial charge in [-0.15, -0.1) is 0 Å².